The van der Waals surface area contributed by atoms with Crippen molar-refractivity contribution >= 4 is 21.9 Å². The van der Waals surface area contributed by atoms with Crippen LogP contribution in [0.3, 0.4) is 0 Å². The van der Waals surface area contributed by atoms with E-state index in [-0.39, 0.29) is 18.2 Å². The smallest absolute Gasteiger partial charge is 0.337 e. The lowest BCUT2D eigenvalue weighted by Crippen LogP contribution is -2.25. The minimum Gasteiger partial charge on any atom is -0.465 e. The van der Waals surface area contributed by atoms with Gasteiger partial charge in [0.05, 0.1) is 18.4 Å². The van der Waals surface area contributed by atoms with Crippen molar-refractivity contribution in [2.45, 2.75) is 12.3 Å². The van der Waals surface area contributed by atoms with Crippen molar-refractivity contribution in [3.8, 4) is 0 Å². The number of hydrogen-bond acceptors (Lipinski definition) is 5. The predicted molar refractivity (Wildman–Crippen MR) is 97.1 cm³/mol. The van der Waals surface area contributed by atoms with Crippen LogP contribution in [0.25, 0.3) is 0 Å². The summed E-state index contributed by atoms with van der Waals surface area (Å²) >= 11 is 0. The van der Waals surface area contributed by atoms with Gasteiger partial charge in [0.15, 0.2) is 0 Å². The second kappa shape index (κ2) is 8.59. The van der Waals surface area contributed by atoms with Crippen molar-refractivity contribution in [1.82, 2.24) is 10.0 Å². The molecule has 0 heterocycles. The van der Waals surface area contributed by atoms with Gasteiger partial charge in [-0.2, -0.15) is 0 Å². The van der Waals surface area contributed by atoms with Crippen molar-refractivity contribution in [2.24, 2.45) is 0 Å². The molecule has 2 aromatic carbocycles. The second-order valence-corrected chi connectivity index (χ2v) is 7.41. The average Bonchev–Trinajstić information content (AvgIpc) is 2.66. The van der Waals surface area contributed by atoms with Crippen molar-refractivity contribution < 1.29 is 22.7 Å². The van der Waals surface area contributed by atoms with Crippen LogP contribution in [0, 0.1) is 0 Å². The quantitative estimate of drug-likeness (QED) is 0.712. The molecule has 0 aromatic heterocycles. The summed E-state index contributed by atoms with van der Waals surface area (Å²) < 4.78 is 30.4. The molecule has 2 aromatic rings. The van der Waals surface area contributed by atoms with Crippen LogP contribution in [0.1, 0.15) is 31.8 Å². The minimum absolute atomic E-state index is 0.163. The van der Waals surface area contributed by atoms with E-state index in [1.165, 1.54) is 38.4 Å². The van der Waals surface area contributed by atoms with Crippen LogP contribution in [-0.4, -0.2) is 34.5 Å². The first-order valence-electron chi connectivity index (χ1n) is 7.81. The zero-order chi connectivity index (χ0) is 19.2. The summed E-state index contributed by atoms with van der Waals surface area (Å²) in [4.78, 5) is 23.7. The molecule has 2 rings (SSSR count). The van der Waals surface area contributed by atoms with Crippen molar-refractivity contribution in [2.75, 3.05) is 14.2 Å². The van der Waals surface area contributed by atoms with E-state index in [1.54, 1.807) is 24.3 Å². The van der Waals surface area contributed by atoms with Gasteiger partial charge in [-0.15, -0.1) is 0 Å². The number of esters is 1. The number of amides is 1. The van der Waals surface area contributed by atoms with Crippen LogP contribution in [0.4, 0.5) is 0 Å². The zero-order valence-corrected chi connectivity index (χ0v) is 15.3. The van der Waals surface area contributed by atoms with Crippen LogP contribution < -0.4 is 10.0 Å². The van der Waals surface area contributed by atoms with E-state index in [0.29, 0.717) is 22.3 Å². The van der Waals surface area contributed by atoms with Gasteiger partial charge >= 0.3 is 5.97 Å². The lowest BCUT2D eigenvalue weighted by molar-refractivity contribution is 0.0600. The summed E-state index contributed by atoms with van der Waals surface area (Å²) in [6, 6.07) is 13.1. The fourth-order valence-electron chi connectivity index (χ4n) is 2.30. The van der Waals surface area contributed by atoms with Gasteiger partial charge in [-0.25, -0.2) is 17.9 Å². The molecule has 138 valence electrons. The molecule has 26 heavy (non-hydrogen) atoms. The number of methoxy groups -OCH3 is 1. The van der Waals surface area contributed by atoms with Gasteiger partial charge in [-0.05, 0) is 42.4 Å². The third kappa shape index (κ3) is 5.14. The van der Waals surface area contributed by atoms with E-state index in [0.717, 1.165) is 0 Å². The van der Waals surface area contributed by atoms with Gasteiger partial charge < -0.3 is 10.1 Å². The van der Waals surface area contributed by atoms with Gasteiger partial charge in [0.25, 0.3) is 5.91 Å². The Kier molecular flexibility index (Phi) is 6.48. The molecule has 0 atom stereocenters. The van der Waals surface area contributed by atoms with Gasteiger partial charge in [-0.1, -0.05) is 24.3 Å². The maximum atomic E-state index is 12.3. The molecule has 0 unspecified atom stereocenters. The summed E-state index contributed by atoms with van der Waals surface area (Å²) in [6.07, 6.45) is 0. The van der Waals surface area contributed by atoms with Crippen molar-refractivity contribution in [3.05, 3.63) is 70.8 Å². The summed E-state index contributed by atoms with van der Waals surface area (Å²) in [5, 5.41) is 2.75. The molecule has 0 aliphatic rings. The lowest BCUT2D eigenvalue weighted by Gasteiger charge is -2.11. The molecule has 0 bridgehead atoms. The molecule has 0 saturated heterocycles. The Hall–Kier alpha value is -2.71. The highest BCUT2D eigenvalue weighted by atomic mass is 32.2. The Balaban J connectivity index is 2.07. The highest BCUT2D eigenvalue weighted by molar-refractivity contribution is 7.88. The molecule has 0 aliphatic carbocycles. The summed E-state index contributed by atoms with van der Waals surface area (Å²) in [7, 11) is -0.763. The number of nitrogens with one attached hydrogen (secondary N) is 2. The Morgan fingerprint density at radius 2 is 1.54 bits per heavy atom. The maximum absolute atomic E-state index is 12.3. The summed E-state index contributed by atoms with van der Waals surface area (Å²) in [5.41, 5.74) is 2.07. The van der Waals surface area contributed by atoms with Crippen molar-refractivity contribution in [1.29, 1.82) is 0 Å². The number of benzene rings is 2. The first-order valence-corrected chi connectivity index (χ1v) is 9.46. The number of ether oxygens (including phenoxy) is 1. The molecule has 2 N–H and O–H groups in total. The maximum Gasteiger partial charge on any atom is 0.337 e. The monoisotopic (exact) mass is 376 g/mol. The van der Waals surface area contributed by atoms with Crippen LogP contribution in [-0.2, 0) is 27.1 Å². The summed E-state index contributed by atoms with van der Waals surface area (Å²) in [5.74, 6) is -0.965. The number of hydrogen-bond donors (Lipinski definition) is 2. The number of sulfonamides is 1. The predicted octanol–water partition coefficient (Wildman–Crippen LogP) is 1.45. The SMILES string of the molecule is CNS(=O)(=O)Cc1ccccc1CNC(=O)c1ccc(C(=O)OC)cc1. The number of carbonyl (C=O) groups excluding carboxylic acids is 2. The molecule has 0 radical (unpaired) electrons. The topological polar surface area (TPSA) is 102 Å². The Morgan fingerprint density at radius 3 is 2.12 bits per heavy atom. The van der Waals surface area contributed by atoms with E-state index in [9.17, 15) is 18.0 Å². The molecule has 0 fully saturated rings. The fourth-order valence-corrected chi connectivity index (χ4v) is 3.14. The van der Waals surface area contributed by atoms with Gasteiger partial charge in [-0.3, -0.25) is 4.79 Å². The molecule has 8 heteroatoms. The standard InChI is InChI=1S/C18H20N2O5S/c1-19-26(23,24)12-16-6-4-3-5-15(16)11-20-17(21)13-7-9-14(10-8-13)18(22)25-2/h3-10,19H,11-12H2,1-2H3,(H,20,21). The lowest BCUT2D eigenvalue weighted by atomic mass is 10.1. The molecular weight excluding hydrogens is 356 g/mol. The van der Waals surface area contributed by atoms with Gasteiger partial charge in [0.2, 0.25) is 10.0 Å². The second-order valence-electron chi connectivity index (χ2n) is 5.48. The van der Waals surface area contributed by atoms with Crippen LogP contribution in [0.2, 0.25) is 0 Å². The largest absolute Gasteiger partial charge is 0.465 e. The number of rotatable bonds is 7. The molecule has 0 saturated carbocycles. The fraction of sp³-hybridized carbons (Fsp3) is 0.222. The van der Waals surface area contributed by atoms with E-state index in [1.807, 2.05) is 0 Å². The van der Waals surface area contributed by atoms with Crippen LogP contribution in [0.5, 0.6) is 0 Å². The molecule has 1 amide bonds. The highest BCUT2D eigenvalue weighted by Gasteiger charge is 2.13. The Morgan fingerprint density at radius 1 is 0.962 bits per heavy atom. The normalized spacial score (nSPS) is 11.0. The first-order chi connectivity index (χ1) is 12.4. The van der Waals surface area contributed by atoms with Crippen LogP contribution >= 0.6 is 0 Å². The molecule has 0 spiro atoms. The third-order valence-electron chi connectivity index (χ3n) is 3.78. The Labute approximate surface area is 152 Å². The Bertz CT molecular complexity index is 892. The summed E-state index contributed by atoms with van der Waals surface area (Å²) in [6.45, 7) is 0.187. The van der Waals surface area contributed by atoms with Gasteiger partial charge in [0, 0.05) is 12.1 Å². The molecular formula is C18H20N2O5S. The average molecular weight is 376 g/mol. The zero-order valence-electron chi connectivity index (χ0n) is 14.5. The molecule has 7 nitrogen and oxygen atoms in total. The van der Waals surface area contributed by atoms with Gasteiger partial charge in [0.1, 0.15) is 0 Å². The van der Waals surface area contributed by atoms with Crippen LogP contribution in [0.15, 0.2) is 48.5 Å². The van der Waals surface area contributed by atoms with Crippen molar-refractivity contribution in [3.63, 3.8) is 0 Å². The minimum atomic E-state index is -3.41. The van der Waals surface area contributed by atoms with E-state index < -0.39 is 16.0 Å². The third-order valence-corrected chi connectivity index (χ3v) is 5.10. The highest BCUT2D eigenvalue weighted by Crippen LogP contribution is 2.12. The molecule has 0 aliphatic heterocycles. The van der Waals surface area contributed by atoms with E-state index in [2.05, 4.69) is 14.8 Å². The van der Waals surface area contributed by atoms with E-state index in [4.69, 9.17) is 0 Å². The number of carbonyl (C=O) groups is 2. The first kappa shape index (κ1) is 19.6. The van der Waals surface area contributed by atoms with E-state index >= 15 is 0 Å².